The van der Waals surface area contributed by atoms with Crippen molar-refractivity contribution in [3.8, 4) is 0 Å². The van der Waals surface area contributed by atoms with Crippen LogP contribution >= 0.6 is 11.3 Å². The van der Waals surface area contributed by atoms with Crippen molar-refractivity contribution in [2.24, 2.45) is 0 Å². The zero-order valence-electron chi connectivity index (χ0n) is 15.4. The zero-order chi connectivity index (χ0) is 21.3. The molecule has 1 saturated heterocycles. The van der Waals surface area contributed by atoms with Crippen LogP contribution in [0.4, 0.5) is 18.9 Å². The Morgan fingerprint density at radius 1 is 1.03 bits per heavy atom. The van der Waals surface area contributed by atoms with Crippen LogP contribution in [-0.2, 0) is 0 Å². The summed E-state index contributed by atoms with van der Waals surface area (Å²) in [6.45, 7) is 0.511. The van der Waals surface area contributed by atoms with Crippen LogP contribution < -0.4 is 5.32 Å². The van der Waals surface area contributed by atoms with Gasteiger partial charge in [0.05, 0.1) is 6.04 Å². The summed E-state index contributed by atoms with van der Waals surface area (Å²) in [7, 11) is 0. The van der Waals surface area contributed by atoms with E-state index in [0.29, 0.717) is 23.5 Å². The summed E-state index contributed by atoms with van der Waals surface area (Å²) in [4.78, 5) is 26.8. The molecule has 3 aromatic rings. The molecule has 0 radical (unpaired) electrons. The smallest absolute Gasteiger partial charge is 0.286 e. The van der Waals surface area contributed by atoms with Crippen molar-refractivity contribution in [2.75, 3.05) is 11.9 Å². The molecule has 2 amide bonds. The number of halogens is 3. The van der Waals surface area contributed by atoms with Gasteiger partial charge in [-0.25, -0.2) is 13.2 Å². The fraction of sp³-hybridized carbons (Fsp3) is 0.200. The van der Waals surface area contributed by atoms with Crippen LogP contribution in [0.3, 0.4) is 0 Å². The molecule has 1 N–H and O–H groups in total. The van der Waals surface area contributed by atoms with Crippen molar-refractivity contribution in [2.45, 2.75) is 18.9 Å². The molecule has 1 atom stereocenters. The van der Waals surface area contributed by atoms with Gasteiger partial charge in [0.25, 0.3) is 11.8 Å². The van der Waals surface area contributed by atoms with E-state index in [1.807, 2.05) is 0 Å². The third-order valence-electron chi connectivity index (χ3n) is 4.70. The first-order valence-electron chi connectivity index (χ1n) is 9.09. The number of nitrogens with zero attached hydrogens (tertiary/aromatic N) is 3. The molecular weight excluding hydrogens is 417 g/mol. The van der Waals surface area contributed by atoms with Gasteiger partial charge in [0.1, 0.15) is 10.8 Å². The second-order valence-corrected chi connectivity index (χ2v) is 7.70. The molecule has 1 aromatic heterocycles. The highest BCUT2D eigenvalue weighted by atomic mass is 32.1. The molecule has 0 bridgehead atoms. The SMILES string of the molecule is O=C(Nc1ccc(F)c(F)c1)c1nnc([C@@H]2CCCN2C(=O)c2ccc(F)cc2)s1. The molecule has 0 unspecified atom stereocenters. The van der Waals surface area contributed by atoms with Crippen LogP contribution in [-0.4, -0.2) is 33.5 Å². The van der Waals surface area contributed by atoms with E-state index in [0.717, 1.165) is 29.9 Å². The predicted octanol–water partition coefficient (Wildman–Crippen LogP) is 4.19. The van der Waals surface area contributed by atoms with Gasteiger partial charge >= 0.3 is 0 Å². The number of likely N-dealkylation sites (tertiary alicyclic amines) is 1. The number of hydrogen-bond acceptors (Lipinski definition) is 5. The lowest BCUT2D eigenvalue weighted by Crippen LogP contribution is -2.30. The van der Waals surface area contributed by atoms with Gasteiger partial charge < -0.3 is 10.2 Å². The van der Waals surface area contributed by atoms with Crippen LogP contribution in [0, 0.1) is 17.5 Å². The van der Waals surface area contributed by atoms with Crippen molar-refractivity contribution in [1.29, 1.82) is 0 Å². The van der Waals surface area contributed by atoms with E-state index in [-0.39, 0.29) is 22.6 Å². The third-order valence-corrected chi connectivity index (χ3v) is 5.73. The molecule has 10 heteroatoms. The lowest BCUT2D eigenvalue weighted by atomic mass is 10.1. The summed E-state index contributed by atoms with van der Waals surface area (Å²) >= 11 is 1.03. The van der Waals surface area contributed by atoms with Crippen LogP contribution in [0.2, 0.25) is 0 Å². The first kappa shape index (κ1) is 20.0. The standard InChI is InChI=1S/C20H15F3N4O2S/c21-12-5-3-11(4-6-12)20(29)27-9-1-2-16(27)18-25-26-19(30-18)17(28)24-13-7-8-14(22)15(23)10-13/h3-8,10,16H,1-2,9H2,(H,24,28)/t16-/m0/s1. The number of amides is 2. The number of benzene rings is 2. The number of aromatic nitrogens is 2. The molecule has 1 aliphatic heterocycles. The first-order chi connectivity index (χ1) is 14.4. The molecule has 154 valence electrons. The first-order valence-corrected chi connectivity index (χ1v) is 9.90. The predicted molar refractivity (Wildman–Crippen MR) is 104 cm³/mol. The molecular formula is C20H15F3N4O2S. The zero-order valence-corrected chi connectivity index (χ0v) is 16.3. The summed E-state index contributed by atoms with van der Waals surface area (Å²) in [6, 6.07) is 7.97. The molecule has 0 saturated carbocycles. The Morgan fingerprint density at radius 2 is 1.80 bits per heavy atom. The molecule has 2 heterocycles. The molecule has 30 heavy (non-hydrogen) atoms. The van der Waals surface area contributed by atoms with E-state index >= 15 is 0 Å². The van der Waals surface area contributed by atoms with Crippen molar-refractivity contribution in [3.05, 3.63) is 75.5 Å². The van der Waals surface area contributed by atoms with Gasteiger partial charge in [0.15, 0.2) is 11.6 Å². The van der Waals surface area contributed by atoms with E-state index in [1.165, 1.54) is 30.3 Å². The van der Waals surface area contributed by atoms with Crippen molar-refractivity contribution >= 4 is 28.8 Å². The topological polar surface area (TPSA) is 75.2 Å². The monoisotopic (exact) mass is 432 g/mol. The Morgan fingerprint density at radius 3 is 2.53 bits per heavy atom. The van der Waals surface area contributed by atoms with Gasteiger partial charge in [-0.05, 0) is 49.2 Å². The molecule has 4 rings (SSSR count). The molecule has 6 nitrogen and oxygen atoms in total. The van der Waals surface area contributed by atoms with Gasteiger partial charge in [-0.3, -0.25) is 9.59 Å². The highest BCUT2D eigenvalue weighted by Crippen LogP contribution is 2.34. The minimum absolute atomic E-state index is 0.0378. The summed E-state index contributed by atoms with van der Waals surface area (Å²) in [5, 5.41) is 10.9. The number of anilines is 1. The van der Waals surface area contributed by atoms with Crippen LogP contribution in [0.15, 0.2) is 42.5 Å². The highest BCUT2D eigenvalue weighted by molar-refractivity contribution is 7.13. The Kier molecular flexibility index (Phi) is 5.49. The van der Waals surface area contributed by atoms with E-state index in [4.69, 9.17) is 0 Å². The molecule has 1 aliphatic rings. The van der Waals surface area contributed by atoms with Gasteiger partial charge in [0.2, 0.25) is 5.01 Å². The highest BCUT2D eigenvalue weighted by Gasteiger charge is 2.33. The maximum Gasteiger partial charge on any atom is 0.286 e. The fourth-order valence-electron chi connectivity index (χ4n) is 3.24. The van der Waals surface area contributed by atoms with Gasteiger partial charge in [-0.1, -0.05) is 11.3 Å². The average Bonchev–Trinajstić information content (AvgIpc) is 3.40. The number of rotatable bonds is 4. The summed E-state index contributed by atoms with van der Waals surface area (Å²) in [5.74, 6) is -3.38. The number of hydrogen-bond donors (Lipinski definition) is 1. The second kappa shape index (κ2) is 8.23. The van der Waals surface area contributed by atoms with Crippen molar-refractivity contribution in [3.63, 3.8) is 0 Å². The van der Waals surface area contributed by atoms with Crippen molar-refractivity contribution < 1.29 is 22.8 Å². The number of carbonyl (C=O) groups is 2. The molecule has 0 spiro atoms. The molecule has 2 aromatic carbocycles. The van der Waals surface area contributed by atoms with E-state index in [1.54, 1.807) is 4.90 Å². The van der Waals surface area contributed by atoms with Crippen molar-refractivity contribution in [1.82, 2.24) is 15.1 Å². The van der Waals surface area contributed by atoms with Gasteiger partial charge in [-0.2, -0.15) is 0 Å². The average molecular weight is 432 g/mol. The summed E-state index contributed by atoms with van der Waals surface area (Å²) < 4.78 is 39.5. The quantitative estimate of drug-likeness (QED) is 0.671. The number of nitrogens with one attached hydrogen (secondary N) is 1. The fourth-order valence-corrected chi connectivity index (χ4v) is 4.13. The van der Waals surface area contributed by atoms with Crippen LogP contribution in [0.1, 0.15) is 44.1 Å². The minimum atomic E-state index is -1.08. The van der Waals surface area contributed by atoms with Gasteiger partial charge in [-0.15, -0.1) is 10.2 Å². The maximum atomic E-state index is 13.3. The maximum absolute atomic E-state index is 13.3. The summed E-state index contributed by atoms with van der Waals surface area (Å²) in [5.41, 5.74) is 0.453. The minimum Gasteiger partial charge on any atom is -0.329 e. The summed E-state index contributed by atoms with van der Waals surface area (Å²) in [6.07, 6.45) is 1.42. The Hall–Kier alpha value is -3.27. The Balaban J connectivity index is 1.49. The molecule has 1 fully saturated rings. The Bertz CT molecular complexity index is 1100. The largest absolute Gasteiger partial charge is 0.329 e. The molecule has 0 aliphatic carbocycles. The normalized spacial score (nSPS) is 16.0. The number of carbonyl (C=O) groups excluding carboxylic acids is 2. The Labute approximate surface area is 173 Å². The van der Waals surface area contributed by atoms with E-state index in [2.05, 4.69) is 15.5 Å². The third kappa shape index (κ3) is 4.04. The van der Waals surface area contributed by atoms with Crippen LogP contribution in [0.5, 0.6) is 0 Å². The van der Waals surface area contributed by atoms with Crippen LogP contribution in [0.25, 0.3) is 0 Å². The lowest BCUT2D eigenvalue weighted by Gasteiger charge is -2.22. The van der Waals surface area contributed by atoms with E-state index < -0.39 is 23.4 Å². The van der Waals surface area contributed by atoms with E-state index in [9.17, 15) is 22.8 Å². The van der Waals surface area contributed by atoms with Gasteiger partial charge in [0, 0.05) is 23.9 Å². The second-order valence-electron chi connectivity index (χ2n) is 6.69. The lowest BCUT2D eigenvalue weighted by molar-refractivity contribution is 0.0734.